The van der Waals surface area contributed by atoms with Gasteiger partial charge >= 0.3 is 0 Å². The molecule has 12 rings (SSSR count). The van der Waals surface area contributed by atoms with Crippen LogP contribution in [0.25, 0.3) is 88.4 Å². The van der Waals surface area contributed by atoms with Gasteiger partial charge in [0, 0.05) is 43.9 Å². The number of para-hydroxylation sites is 1. The number of anilines is 3. The predicted octanol–water partition coefficient (Wildman–Crippen LogP) is 16.3. The van der Waals surface area contributed by atoms with E-state index in [1.54, 1.807) is 0 Å². The van der Waals surface area contributed by atoms with Gasteiger partial charge in [-0.3, -0.25) is 0 Å². The molecule has 0 N–H and O–H groups in total. The highest BCUT2D eigenvalue weighted by atomic mass is 16.3. The molecule has 284 valence electrons. The Bertz CT molecular complexity index is 3450. The molecule has 3 nitrogen and oxygen atoms in total. The number of hydrogen-bond acceptors (Lipinski definition) is 3. The molecular formula is C57H39NO2. The van der Waals surface area contributed by atoms with E-state index in [9.17, 15) is 0 Å². The molecule has 0 bridgehead atoms. The molecule has 0 saturated carbocycles. The van der Waals surface area contributed by atoms with Crippen LogP contribution in [0.3, 0.4) is 0 Å². The summed E-state index contributed by atoms with van der Waals surface area (Å²) in [6.07, 6.45) is 0. The lowest BCUT2D eigenvalue weighted by molar-refractivity contribution is 0.660. The van der Waals surface area contributed by atoms with Crippen LogP contribution in [-0.2, 0) is 5.41 Å². The zero-order valence-electron chi connectivity index (χ0n) is 33.3. The summed E-state index contributed by atoms with van der Waals surface area (Å²) in [5.74, 6) is 0. The Balaban J connectivity index is 1.03. The van der Waals surface area contributed by atoms with Gasteiger partial charge in [-0.1, -0.05) is 153 Å². The van der Waals surface area contributed by atoms with Crippen molar-refractivity contribution in [3.8, 4) is 44.5 Å². The van der Waals surface area contributed by atoms with Gasteiger partial charge in [-0.05, 0) is 111 Å². The van der Waals surface area contributed by atoms with E-state index in [0.29, 0.717) is 0 Å². The SMILES string of the molecule is CC1(C)c2ccccc2-c2ccc(N(c3ccc4oc5cc6c(cc5c4c3)oc3ccc(-c4ccccc4)cc36)c3ccccc3-c3ccc(-c4ccccc4)cc3)cc21. The van der Waals surface area contributed by atoms with E-state index in [4.69, 9.17) is 8.83 Å². The Morgan fingerprint density at radius 1 is 0.333 bits per heavy atom. The second kappa shape index (κ2) is 13.2. The highest BCUT2D eigenvalue weighted by Gasteiger charge is 2.36. The number of hydrogen-bond donors (Lipinski definition) is 0. The summed E-state index contributed by atoms with van der Waals surface area (Å²) in [7, 11) is 0. The summed E-state index contributed by atoms with van der Waals surface area (Å²) >= 11 is 0. The van der Waals surface area contributed by atoms with Gasteiger partial charge in [-0.15, -0.1) is 0 Å². The van der Waals surface area contributed by atoms with Gasteiger partial charge in [0.05, 0.1) is 5.69 Å². The third-order valence-corrected chi connectivity index (χ3v) is 12.7. The molecule has 0 unspecified atom stereocenters. The molecule has 0 fully saturated rings. The normalized spacial score (nSPS) is 13.0. The fraction of sp³-hybridized carbons (Fsp3) is 0.0526. The molecule has 0 atom stereocenters. The first-order valence-electron chi connectivity index (χ1n) is 20.7. The molecule has 0 saturated heterocycles. The highest BCUT2D eigenvalue weighted by Crippen LogP contribution is 2.52. The number of benzene rings is 9. The van der Waals surface area contributed by atoms with Crippen LogP contribution in [0.1, 0.15) is 25.0 Å². The monoisotopic (exact) mass is 769 g/mol. The highest BCUT2D eigenvalue weighted by molar-refractivity contribution is 6.16. The van der Waals surface area contributed by atoms with E-state index in [1.165, 1.54) is 38.9 Å². The minimum absolute atomic E-state index is 0.148. The fourth-order valence-corrected chi connectivity index (χ4v) is 9.63. The summed E-state index contributed by atoms with van der Waals surface area (Å²) in [6.45, 7) is 4.69. The van der Waals surface area contributed by atoms with Crippen LogP contribution in [0.15, 0.2) is 209 Å². The van der Waals surface area contributed by atoms with Gasteiger partial charge in [0.25, 0.3) is 0 Å². The van der Waals surface area contributed by atoms with Crippen molar-refractivity contribution >= 4 is 60.9 Å². The van der Waals surface area contributed by atoms with Gasteiger partial charge in [0.2, 0.25) is 0 Å². The molecule has 0 spiro atoms. The molecule has 0 amide bonds. The zero-order valence-corrected chi connectivity index (χ0v) is 33.3. The Kier molecular flexibility index (Phi) is 7.58. The quantitative estimate of drug-likeness (QED) is 0.169. The summed E-state index contributed by atoms with van der Waals surface area (Å²) in [5.41, 5.74) is 18.8. The average Bonchev–Trinajstić information content (AvgIpc) is 3.92. The summed E-state index contributed by atoms with van der Waals surface area (Å²) in [5, 5.41) is 4.19. The lowest BCUT2D eigenvalue weighted by atomic mass is 9.82. The summed E-state index contributed by atoms with van der Waals surface area (Å²) < 4.78 is 13.2. The van der Waals surface area contributed by atoms with E-state index in [2.05, 4.69) is 213 Å². The topological polar surface area (TPSA) is 29.5 Å². The van der Waals surface area contributed by atoms with Gasteiger partial charge in [0.1, 0.15) is 22.3 Å². The first-order chi connectivity index (χ1) is 29.5. The van der Waals surface area contributed by atoms with Crippen molar-refractivity contribution in [2.75, 3.05) is 4.90 Å². The molecule has 2 aromatic heterocycles. The third kappa shape index (κ3) is 5.36. The van der Waals surface area contributed by atoms with Crippen LogP contribution in [0.5, 0.6) is 0 Å². The van der Waals surface area contributed by atoms with Crippen LogP contribution in [0.4, 0.5) is 17.1 Å². The van der Waals surface area contributed by atoms with Crippen molar-refractivity contribution in [3.63, 3.8) is 0 Å². The Morgan fingerprint density at radius 2 is 0.817 bits per heavy atom. The van der Waals surface area contributed by atoms with E-state index in [-0.39, 0.29) is 5.41 Å². The molecule has 2 heterocycles. The molecular weight excluding hydrogens is 731 g/mol. The number of nitrogens with zero attached hydrogens (tertiary/aromatic N) is 1. The molecule has 1 aliphatic rings. The van der Waals surface area contributed by atoms with E-state index in [0.717, 1.165) is 77.6 Å². The van der Waals surface area contributed by atoms with Gasteiger partial charge in [0.15, 0.2) is 0 Å². The van der Waals surface area contributed by atoms with Crippen LogP contribution >= 0.6 is 0 Å². The molecule has 0 aliphatic heterocycles. The van der Waals surface area contributed by atoms with Crippen molar-refractivity contribution in [3.05, 3.63) is 211 Å². The second-order valence-corrected chi connectivity index (χ2v) is 16.5. The smallest absolute Gasteiger partial charge is 0.136 e. The number of fused-ring (bicyclic) bond motifs is 9. The standard InChI is InChI=1S/C57H39NO2/c1-57(2)50-19-11-9-18-44(50)45-28-26-42(33-51(45)57)58(52-20-12-10-17-43(52)39-23-21-38(22-24-39)36-13-5-3-6-14-36)41-27-30-54-47(32-41)49-35-55-48(34-56(49)60-54)46-31-40(25-29-53(46)59-55)37-15-7-4-8-16-37/h3-35H,1-2H3. The minimum atomic E-state index is -0.148. The minimum Gasteiger partial charge on any atom is -0.456 e. The fourth-order valence-electron chi connectivity index (χ4n) is 9.63. The molecule has 9 aromatic carbocycles. The van der Waals surface area contributed by atoms with E-state index >= 15 is 0 Å². The van der Waals surface area contributed by atoms with Crippen LogP contribution < -0.4 is 4.90 Å². The summed E-state index contributed by atoms with van der Waals surface area (Å²) in [4.78, 5) is 2.42. The summed E-state index contributed by atoms with van der Waals surface area (Å²) in [6, 6.07) is 72.0. The molecule has 1 aliphatic carbocycles. The largest absolute Gasteiger partial charge is 0.456 e. The first kappa shape index (κ1) is 34.4. The van der Waals surface area contributed by atoms with E-state index in [1.807, 2.05) is 6.07 Å². The van der Waals surface area contributed by atoms with Crippen LogP contribution in [0.2, 0.25) is 0 Å². The maximum atomic E-state index is 6.64. The van der Waals surface area contributed by atoms with Crippen molar-refractivity contribution in [2.24, 2.45) is 0 Å². The molecule has 11 aromatic rings. The number of rotatable bonds is 6. The first-order valence-corrected chi connectivity index (χ1v) is 20.7. The van der Waals surface area contributed by atoms with Crippen LogP contribution in [0, 0.1) is 0 Å². The molecule has 0 radical (unpaired) electrons. The molecule has 60 heavy (non-hydrogen) atoms. The van der Waals surface area contributed by atoms with Crippen molar-refractivity contribution in [1.29, 1.82) is 0 Å². The van der Waals surface area contributed by atoms with Gasteiger partial charge < -0.3 is 13.7 Å². The maximum Gasteiger partial charge on any atom is 0.136 e. The predicted molar refractivity (Wildman–Crippen MR) is 250 cm³/mol. The lowest BCUT2D eigenvalue weighted by Gasteiger charge is -2.30. The Hall–Kier alpha value is -7.62. The van der Waals surface area contributed by atoms with Crippen LogP contribution in [-0.4, -0.2) is 0 Å². The van der Waals surface area contributed by atoms with Crippen molar-refractivity contribution in [2.45, 2.75) is 19.3 Å². The lowest BCUT2D eigenvalue weighted by Crippen LogP contribution is -2.16. The zero-order chi connectivity index (χ0) is 40.0. The van der Waals surface area contributed by atoms with Crippen molar-refractivity contribution in [1.82, 2.24) is 0 Å². The van der Waals surface area contributed by atoms with Gasteiger partial charge in [-0.25, -0.2) is 0 Å². The maximum absolute atomic E-state index is 6.64. The van der Waals surface area contributed by atoms with Crippen molar-refractivity contribution < 1.29 is 8.83 Å². The molecule has 3 heteroatoms. The Labute approximate surface area is 348 Å². The number of furan rings is 2. The third-order valence-electron chi connectivity index (χ3n) is 12.7. The van der Waals surface area contributed by atoms with Gasteiger partial charge in [-0.2, -0.15) is 0 Å². The Morgan fingerprint density at radius 3 is 1.53 bits per heavy atom. The van der Waals surface area contributed by atoms with E-state index < -0.39 is 0 Å². The average molecular weight is 770 g/mol. The second-order valence-electron chi connectivity index (χ2n) is 16.5.